The predicted molar refractivity (Wildman–Crippen MR) is 87.3 cm³/mol. The normalized spacial score (nSPS) is 18.3. The molecule has 1 aliphatic rings. The number of rotatable bonds is 6. The number of hydrogen-bond donors (Lipinski definition) is 1. The molecular weight excluding hydrogens is 262 g/mol. The maximum Gasteiger partial charge on any atom is 0.122 e. The fraction of sp³-hybridized carbons (Fsp3) is 0.765. The number of hydrogen-bond acceptors (Lipinski definition) is 4. The minimum absolute atomic E-state index is 0.139. The van der Waals surface area contributed by atoms with Crippen LogP contribution in [0.1, 0.15) is 45.4 Å². The fourth-order valence-corrected chi connectivity index (χ4v) is 2.71. The van der Waals surface area contributed by atoms with Gasteiger partial charge in [0.1, 0.15) is 5.76 Å². The van der Waals surface area contributed by atoms with Crippen LogP contribution in [0.25, 0.3) is 0 Å². The zero-order valence-electron chi connectivity index (χ0n) is 14.1. The van der Waals surface area contributed by atoms with E-state index in [1.165, 1.54) is 31.6 Å². The molecular formula is C17H31N3O. The Morgan fingerprint density at radius 3 is 2.43 bits per heavy atom. The Morgan fingerprint density at radius 1 is 1.14 bits per heavy atom. The van der Waals surface area contributed by atoms with Gasteiger partial charge in [0.25, 0.3) is 0 Å². The van der Waals surface area contributed by atoms with Crippen molar-refractivity contribution in [2.75, 3.05) is 32.7 Å². The van der Waals surface area contributed by atoms with Crippen LogP contribution in [0.2, 0.25) is 0 Å². The summed E-state index contributed by atoms with van der Waals surface area (Å²) in [5.74, 6) is 1.12. The van der Waals surface area contributed by atoms with Crippen LogP contribution < -0.4 is 5.32 Å². The third-order valence-electron chi connectivity index (χ3n) is 4.02. The van der Waals surface area contributed by atoms with Crippen LogP contribution in [0.4, 0.5) is 0 Å². The van der Waals surface area contributed by atoms with Crippen molar-refractivity contribution in [1.82, 2.24) is 15.1 Å². The maximum atomic E-state index is 5.71. The van der Waals surface area contributed by atoms with E-state index >= 15 is 0 Å². The van der Waals surface area contributed by atoms with E-state index in [0.717, 1.165) is 31.9 Å². The van der Waals surface area contributed by atoms with E-state index in [-0.39, 0.29) is 5.54 Å². The SMILES string of the molecule is CCCN1CCN(Cc2occc2CNC(C)(C)C)CC1. The second-order valence-corrected chi connectivity index (χ2v) is 7.09. The molecule has 0 aliphatic carbocycles. The van der Waals surface area contributed by atoms with Gasteiger partial charge in [-0.25, -0.2) is 0 Å². The standard InChI is InChI=1S/C17H31N3O/c1-5-7-19-8-10-20(11-9-19)14-16-15(6-12-21-16)13-18-17(2,3)4/h6,12,18H,5,7-11,13-14H2,1-4H3. The lowest BCUT2D eigenvalue weighted by molar-refractivity contribution is 0.120. The van der Waals surface area contributed by atoms with Crippen LogP contribution in [0, 0.1) is 0 Å². The van der Waals surface area contributed by atoms with E-state index in [2.05, 4.69) is 48.9 Å². The van der Waals surface area contributed by atoms with Crippen molar-refractivity contribution < 1.29 is 4.42 Å². The molecule has 0 spiro atoms. The van der Waals surface area contributed by atoms with Crippen LogP contribution in [0.3, 0.4) is 0 Å². The lowest BCUT2D eigenvalue weighted by Gasteiger charge is -2.34. The number of nitrogens with zero attached hydrogens (tertiary/aromatic N) is 2. The third kappa shape index (κ3) is 5.46. The zero-order chi connectivity index (χ0) is 15.3. The average molecular weight is 293 g/mol. The van der Waals surface area contributed by atoms with Gasteiger partial charge in [-0.05, 0) is 39.8 Å². The van der Waals surface area contributed by atoms with Crippen molar-refractivity contribution in [2.45, 2.75) is 52.7 Å². The molecule has 4 heteroatoms. The van der Waals surface area contributed by atoms with Gasteiger partial charge in [0.15, 0.2) is 0 Å². The number of piperazine rings is 1. The minimum Gasteiger partial charge on any atom is -0.468 e. The highest BCUT2D eigenvalue weighted by molar-refractivity contribution is 5.17. The first-order valence-electron chi connectivity index (χ1n) is 8.23. The van der Waals surface area contributed by atoms with Crippen molar-refractivity contribution in [3.8, 4) is 0 Å². The van der Waals surface area contributed by atoms with Gasteiger partial charge in [-0.2, -0.15) is 0 Å². The molecule has 1 aliphatic heterocycles. The molecule has 0 unspecified atom stereocenters. The summed E-state index contributed by atoms with van der Waals surface area (Å²) in [5, 5.41) is 3.54. The number of nitrogens with one attached hydrogen (secondary N) is 1. The van der Waals surface area contributed by atoms with E-state index in [0.29, 0.717) is 0 Å². The zero-order valence-corrected chi connectivity index (χ0v) is 14.1. The highest BCUT2D eigenvalue weighted by Crippen LogP contribution is 2.16. The fourth-order valence-electron chi connectivity index (χ4n) is 2.71. The van der Waals surface area contributed by atoms with Crippen molar-refractivity contribution in [2.24, 2.45) is 0 Å². The Kier molecular flexibility index (Phi) is 5.85. The molecule has 1 N–H and O–H groups in total. The quantitative estimate of drug-likeness (QED) is 0.874. The summed E-state index contributed by atoms with van der Waals surface area (Å²) in [7, 11) is 0. The van der Waals surface area contributed by atoms with Gasteiger partial charge in [0, 0.05) is 43.8 Å². The molecule has 1 aromatic rings. The van der Waals surface area contributed by atoms with Gasteiger partial charge >= 0.3 is 0 Å². The molecule has 1 saturated heterocycles. The van der Waals surface area contributed by atoms with Gasteiger partial charge in [-0.15, -0.1) is 0 Å². The third-order valence-corrected chi connectivity index (χ3v) is 4.02. The molecule has 0 saturated carbocycles. The summed E-state index contributed by atoms with van der Waals surface area (Å²) >= 11 is 0. The van der Waals surface area contributed by atoms with E-state index in [1.807, 2.05) is 6.26 Å². The van der Waals surface area contributed by atoms with Gasteiger partial charge in [-0.1, -0.05) is 6.92 Å². The summed E-state index contributed by atoms with van der Waals surface area (Å²) in [6, 6.07) is 2.10. The van der Waals surface area contributed by atoms with Gasteiger partial charge < -0.3 is 14.6 Å². The molecule has 2 heterocycles. The molecule has 4 nitrogen and oxygen atoms in total. The number of furan rings is 1. The van der Waals surface area contributed by atoms with Crippen LogP contribution in [0.15, 0.2) is 16.7 Å². The Morgan fingerprint density at radius 2 is 1.81 bits per heavy atom. The highest BCUT2D eigenvalue weighted by Gasteiger charge is 2.19. The molecule has 0 amide bonds. The van der Waals surface area contributed by atoms with Crippen LogP contribution in [-0.4, -0.2) is 48.1 Å². The van der Waals surface area contributed by atoms with Crippen LogP contribution >= 0.6 is 0 Å². The van der Waals surface area contributed by atoms with Gasteiger partial charge in [0.05, 0.1) is 12.8 Å². The average Bonchev–Trinajstić information content (AvgIpc) is 2.86. The van der Waals surface area contributed by atoms with Crippen molar-refractivity contribution in [3.63, 3.8) is 0 Å². The Balaban J connectivity index is 1.83. The topological polar surface area (TPSA) is 31.6 Å². The molecule has 2 rings (SSSR count). The lowest BCUT2D eigenvalue weighted by Crippen LogP contribution is -2.46. The lowest BCUT2D eigenvalue weighted by atomic mass is 10.1. The first-order chi connectivity index (χ1) is 9.98. The van der Waals surface area contributed by atoms with E-state index in [4.69, 9.17) is 4.42 Å². The summed E-state index contributed by atoms with van der Waals surface area (Å²) in [4.78, 5) is 5.06. The van der Waals surface area contributed by atoms with Gasteiger partial charge in [0.2, 0.25) is 0 Å². The van der Waals surface area contributed by atoms with Crippen molar-refractivity contribution in [1.29, 1.82) is 0 Å². The maximum absolute atomic E-state index is 5.71. The van der Waals surface area contributed by atoms with Crippen molar-refractivity contribution >= 4 is 0 Å². The van der Waals surface area contributed by atoms with Crippen molar-refractivity contribution in [3.05, 3.63) is 23.7 Å². The summed E-state index contributed by atoms with van der Waals surface area (Å²) < 4.78 is 5.71. The monoisotopic (exact) mass is 293 g/mol. The molecule has 21 heavy (non-hydrogen) atoms. The van der Waals surface area contributed by atoms with Gasteiger partial charge in [-0.3, -0.25) is 4.90 Å². The largest absolute Gasteiger partial charge is 0.468 e. The Bertz CT molecular complexity index is 414. The molecule has 0 aromatic carbocycles. The molecule has 0 atom stereocenters. The smallest absolute Gasteiger partial charge is 0.122 e. The van der Waals surface area contributed by atoms with E-state index < -0.39 is 0 Å². The van der Waals surface area contributed by atoms with Crippen LogP contribution in [-0.2, 0) is 13.1 Å². The Labute approximate surface area is 129 Å². The second-order valence-electron chi connectivity index (χ2n) is 7.09. The first kappa shape index (κ1) is 16.5. The van der Waals surface area contributed by atoms with E-state index in [1.54, 1.807) is 0 Å². The Hall–Kier alpha value is -0.840. The summed E-state index contributed by atoms with van der Waals surface area (Å²) in [6.45, 7) is 16.5. The molecule has 1 aromatic heterocycles. The molecule has 0 bridgehead atoms. The predicted octanol–water partition coefficient (Wildman–Crippen LogP) is 2.70. The summed E-state index contributed by atoms with van der Waals surface area (Å²) in [5.41, 5.74) is 1.43. The van der Waals surface area contributed by atoms with Crippen LogP contribution in [0.5, 0.6) is 0 Å². The molecule has 0 radical (unpaired) electrons. The second kappa shape index (κ2) is 7.43. The molecule has 120 valence electrons. The summed E-state index contributed by atoms with van der Waals surface area (Å²) in [6.07, 6.45) is 3.07. The van der Waals surface area contributed by atoms with E-state index in [9.17, 15) is 0 Å². The minimum atomic E-state index is 0.139. The highest BCUT2D eigenvalue weighted by atomic mass is 16.3. The molecule has 1 fully saturated rings. The first-order valence-corrected chi connectivity index (χ1v) is 8.23.